The van der Waals surface area contributed by atoms with E-state index in [1.807, 2.05) is 25.1 Å². The third kappa shape index (κ3) is 5.76. The number of hydrogen-bond acceptors (Lipinski definition) is 4. The van der Waals surface area contributed by atoms with Crippen LogP contribution in [0.25, 0.3) is 0 Å². The summed E-state index contributed by atoms with van der Waals surface area (Å²) in [6.07, 6.45) is 0.735. The first-order valence-corrected chi connectivity index (χ1v) is 10.1. The molecule has 1 N–H and O–H groups in total. The molecule has 136 valence electrons. The summed E-state index contributed by atoms with van der Waals surface area (Å²) in [7, 11) is -3.49. The zero-order chi connectivity index (χ0) is 18.1. The Morgan fingerprint density at radius 3 is 2.28 bits per heavy atom. The van der Waals surface area contributed by atoms with Crippen molar-refractivity contribution in [2.45, 2.75) is 25.2 Å². The maximum atomic E-state index is 12.3. The van der Waals surface area contributed by atoms with Gasteiger partial charge >= 0.3 is 0 Å². The number of ether oxygens (including phenoxy) is 1. The average Bonchev–Trinajstić information content (AvgIpc) is 2.63. The Kier molecular flexibility index (Phi) is 7.28. The van der Waals surface area contributed by atoms with E-state index in [1.165, 1.54) is 0 Å². The van der Waals surface area contributed by atoms with Gasteiger partial charge in [-0.25, -0.2) is 13.1 Å². The average molecular weight is 362 g/mol. The Labute approximate surface area is 150 Å². The molecule has 2 rings (SSSR count). The molecule has 0 amide bonds. The fraction of sp³-hybridized carbons (Fsp3) is 0.368. The highest BCUT2D eigenvalue weighted by atomic mass is 32.2. The van der Waals surface area contributed by atoms with Crippen LogP contribution in [-0.4, -0.2) is 34.7 Å². The van der Waals surface area contributed by atoms with Crippen LogP contribution in [0.15, 0.2) is 59.5 Å². The van der Waals surface area contributed by atoms with Crippen molar-refractivity contribution in [3.63, 3.8) is 0 Å². The summed E-state index contributed by atoms with van der Waals surface area (Å²) >= 11 is 0. The van der Waals surface area contributed by atoms with Crippen LogP contribution in [0.1, 0.15) is 20.3 Å². The molecular formula is C19H26N2O3S. The van der Waals surface area contributed by atoms with E-state index in [9.17, 15) is 8.42 Å². The molecule has 0 spiro atoms. The smallest absolute Gasteiger partial charge is 0.240 e. The van der Waals surface area contributed by atoms with Crippen molar-refractivity contribution in [3.8, 4) is 5.75 Å². The molecule has 6 heteroatoms. The highest BCUT2D eigenvalue weighted by Crippen LogP contribution is 2.16. The number of nitrogens with zero attached hydrogens (tertiary/aromatic N) is 1. The molecular weight excluding hydrogens is 336 g/mol. The third-order valence-electron chi connectivity index (χ3n) is 3.84. The van der Waals surface area contributed by atoms with Crippen LogP contribution in [0, 0.1) is 0 Å². The van der Waals surface area contributed by atoms with Gasteiger partial charge in [0, 0.05) is 25.3 Å². The first-order chi connectivity index (χ1) is 12.1. The molecule has 0 aromatic heterocycles. The number of para-hydroxylation sites is 1. The van der Waals surface area contributed by atoms with Crippen molar-refractivity contribution in [2.24, 2.45) is 0 Å². The number of sulfonamides is 1. The van der Waals surface area contributed by atoms with Crippen LogP contribution in [0.4, 0.5) is 5.69 Å². The van der Waals surface area contributed by atoms with Crippen LogP contribution in [0.5, 0.6) is 5.75 Å². The summed E-state index contributed by atoms with van der Waals surface area (Å²) in [6, 6.07) is 16.6. The molecule has 25 heavy (non-hydrogen) atoms. The van der Waals surface area contributed by atoms with E-state index in [0.717, 1.165) is 25.2 Å². The van der Waals surface area contributed by atoms with Gasteiger partial charge in [-0.05, 0) is 56.7 Å². The molecule has 0 aliphatic heterocycles. The van der Waals surface area contributed by atoms with Gasteiger partial charge in [-0.3, -0.25) is 0 Å². The minimum atomic E-state index is -3.49. The number of hydrogen-bond donors (Lipinski definition) is 1. The molecule has 2 aromatic carbocycles. The third-order valence-corrected chi connectivity index (χ3v) is 5.32. The summed E-state index contributed by atoms with van der Waals surface area (Å²) in [4.78, 5) is 2.48. The van der Waals surface area contributed by atoms with E-state index in [4.69, 9.17) is 4.74 Å². The molecule has 0 radical (unpaired) electrons. The largest absolute Gasteiger partial charge is 0.494 e. The zero-order valence-corrected chi connectivity index (χ0v) is 15.6. The van der Waals surface area contributed by atoms with Crippen molar-refractivity contribution in [3.05, 3.63) is 54.6 Å². The quantitative estimate of drug-likeness (QED) is 0.659. The van der Waals surface area contributed by atoms with Crippen LogP contribution in [0.2, 0.25) is 0 Å². The molecule has 0 saturated carbocycles. The van der Waals surface area contributed by atoms with Gasteiger partial charge in [0.05, 0.1) is 11.5 Å². The summed E-state index contributed by atoms with van der Waals surface area (Å²) in [5.74, 6) is 0.669. The molecule has 0 heterocycles. The van der Waals surface area contributed by atoms with Gasteiger partial charge in [-0.2, -0.15) is 0 Å². The van der Waals surface area contributed by atoms with Crippen molar-refractivity contribution < 1.29 is 13.2 Å². The van der Waals surface area contributed by atoms with Gasteiger partial charge in [0.1, 0.15) is 5.75 Å². The molecule has 0 aliphatic carbocycles. The lowest BCUT2D eigenvalue weighted by molar-refractivity contribution is 0.340. The fourth-order valence-electron chi connectivity index (χ4n) is 2.55. The number of rotatable bonds is 10. The SMILES string of the molecule is CCOc1ccc(S(=O)(=O)NCCCN(CC)c2ccccc2)cc1. The molecule has 0 atom stereocenters. The molecule has 0 fully saturated rings. The zero-order valence-electron chi connectivity index (χ0n) is 14.8. The normalized spacial score (nSPS) is 11.3. The minimum absolute atomic E-state index is 0.256. The Hall–Kier alpha value is -2.05. The standard InChI is InChI=1S/C19H26N2O3S/c1-3-21(17-9-6-5-7-10-17)16-8-15-20-25(22,23)19-13-11-18(12-14-19)24-4-2/h5-7,9-14,20H,3-4,8,15-16H2,1-2H3. The van der Waals surface area contributed by atoms with E-state index in [2.05, 4.69) is 28.7 Å². The van der Waals surface area contributed by atoms with Crippen LogP contribution in [-0.2, 0) is 10.0 Å². The van der Waals surface area contributed by atoms with Crippen molar-refractivity contribution in [2.75, 3.05) is 31.1 Å². The first kappa shape index (κ1) is 19.3. The second-order valence-electron chi connectivity index (χ2n) is 5.57. The van der Waals surface area contributed by atoms with Gasteiger partial charge in [0.15, 0.2) is 0 Å². The van der Waals surface area contributed by atoms with E-state index in [-0.39, 0.29) is 4.90 Å². The molecule has 2 aromatic rings. The van der Waals surface area contributed by atoms with Gasteiger partial charge in [0.2, 0.25) is 10.0 Å². The maximum Gasteiger partial charge on any atom is 0.240 e. The maximum absolute atomic E-state index is 12.3. The molecule has 0 bridgehead atoms. The van der Waals surface area contributed by atoms with E-state index >= 15 is 0 Å². The predicted octanol–water partition coefficient (Wildman–Crippen LogP) is 3.28. The Morgan fingerprint density at radius 2 is 1.68 bits per heavy atom. The van der Waals surface area contributed by atoms with Gasteiger partial charge in [0.25, 0.3) is 0 Å². The van der Waals surface area contributed by atoms with Gasteiger partial charge in [-0.1, -0.05) is 18.2 Å². The van der Waals surface area contributed by atoms with Crippen molar-refractivity contribution in [1.29, 1.82) is 0 Å². The predicted molar refractivity (Wildman–Crippen MR) is 102 cm³/mol. The lowest BCUT2D eigenvalue weighted by Crippen LogP contribution is -2.30. The van der Waals surface area contributed by atoms with E-state index in [0.29, 0.717) is 18.9 Å². The summed E-state index contributed by atoms with van der Waals surface area (Å²) < 4.78 is 32.6. The van der Waals surface area contributed by atoms with E-state index < -0.39 is 10.0 Å². The Morgan fingerprint density at radius 1 is 1.00 bits per heavy atom. The molecule has 5 nitrogen and oxygen atoms in total. The van der Waals surface area contributed by atoms with Crippen LogP contribution in [0.3, 0.4) is 0 Å². The molecule has 0 saturated heterocycles. The highest BCUT2D eigenvalue weighted by molar-refractivity contribution is 7.89. The fourth-order valence-corrected chi connectivity index (χ4v) is 3.62. The number of benzene rings is 2. The summed E-state index contributed by atoms with van der Waals surface area (Å²) in [5.41, 5.74) is 1.15. The van der Waals surface area contributed by atoms with Gasteiger partial charge in [-0.15, -0.1) is 0 Å². The number of nitrogens with one attached hydrogen (secondary N) is 1. The second-order valence-corrected chi connectivity index (χ2v) is 7.34. The monoisotopic (exact) mass is 362 g/mol. The van der Waals surface area contributed by atoms with Crippen molar-refractivity contribution >= 4 is 15.7 Å². The van der Waals surface area contributed by atoms with Crippen LogP contribution < -0.4 is 14.4 Å². The van der Waals surface area contributed by atoms with Gasteiger partial charge < -0.3 is 9.64 Å². The second kappa shape index (κ2) is 9.44. The van der Waals surface area contributed by atoms with Crippen LogP contribution >= 0.6 is 0 Å². The van der Waals surface area contributed by atoms with Crippen molar-refractivity contribution in [1.82, 2.24) is 4.72 Å². The summed E-state index contributed by atoms with van der Waals surface area (Å²) in [5, 5.41) is 0. The number of anilines is 1. The topological polar surface area (TPSA) is 58.6 Å². The highest BCUT2D eigenvalue weighted by Gasteiger charge is 2.13. The molecule has 0 aliphatic rings. The molecule has 0 unspecified atom stereocenters. The lowest BCUT2D eigenvalue weighted by atomic mass is 10.2. The Balaban J connectivity index is 1.85. The summed E-state index contributed by atoms with van der Waals surface area (Å²) in [6.45, 7) is 6.62. The minimum Gasteiger partial charge on any atom is -0.494 e. The first-order valence-electron chi connectivity index (χ1n) is 8.59. The Bertz CT molecular complexity index is 731. The van der Waals surface area contributed by atoms with E-state index in [1.54, 1.807) is 24.3 Å². The lowest BCUT2D eigenvalue weighted by Gasteiger charge is -2.23.